The first-order chi connectivity index (χ1) is 16.9. The monoisotopic (exact) mass is 577 g/mol. The molecule has 0 bridgehead atoms. The van der Waals surface area contributed by atoms with Crippen molar-refractivity contribution >= 4 is 37.4 Å². The first kappa shape index (κ1) is 26.6. The van der Waals surface area contributed by atoms with Crippen LogP contribution in [-0.2, 0) is 16.6 Å². The van der Waals surface area contributed by atoms with Crippen LogP contribution < -0.4 is 10.9 Å². The molecule has 1 aliphatic heterocycles. The number of carbonyl (C=O) groups is 1. The maximum atomic E-state index is 13.4. The molecule has 0 spiro atoms. The maximum absolute atomic E-state index is 13.4. The number of piperazine rings is 1. The molecule has 11 heteroatoms. The minimum atomic E-state index is -3.22. The van der Waals surface area contributed by atoms with Gasteiger partial charge in [-0.05, 0) is 73.0 Å². The number of nitrogens with zero attached hydrogens (tertiary/aromatic N) is 3. The molecule has 0 aromatic carbocycles. The number of H-pyrrole nitrogens is 1. The van der Waals surface area contributed by atoms with Gasteiger partial charge >= 0.3 is 0 Å². The van der Waals surface area contributed by atoms with Gasteiger partial charge < -0.3 is 14.7 Å². The van der Waals surface area contributed by atoms with Crippen molar-refractivity contribution in [1.82, 2.24) is 23.9 Å². The number of rotatable bonds is 6. The number of amides is 1. The largest absolute Gasteiger partial charge is 0.348 e. The van der Waals surface area contributed by atoms with Crippen molar-refractivity contribution in [1.29, 1.82) is 0 Å². The van der Waals surface area contributed by atoms with E-state index in [1.807, 2.05) is 45.2 Å². The minimum Gasteiger partial charge on any atom is -0.348 e. The molecule has 9 nitrogen and oxygen atoms in total. The molecule has 1 saturated heterocycles. The van der Waals surface area contributed by atoms with Crippen molar-refractivity contribution in [3.63, 3.8) is 0 Å². The van der Waals surface area contributed by atoms with Gasteiger partial charge in [-0.1, -0.05) is 0 Å². The molecule has 4 rings (SSSR count). The summed E-state index contributed by atoms with van der Waals surface area (Å²) >= 11 is 3.56. The number of aromatic nitrogens is 2. The lowest BCUT2D eigenvalue weighted by Crippen LogP contribution is -2.49. The molecular formula is C25H32BrN5O4S. The second-order valence-corrected chi connectivity index (χ2v) is 12.4. The summed E-state index contributed by atoms with van der Waals surface area (Å²) in [4.78, 5) is 30.8. The van der Waals surface area contributed by atoms with Crippen LogP contribution in [0.3, 0.4) is 0 Å². The summed E-state index contributed by atoms with van der Waals surface area (Å²) in [6.45, 7) is 9.92. The van der Waals surface area contributed by atoms with Gasteiger partial charge in [0.1, 0.15) is 0 Å². The average molecular weight is 579 g/mol. The Morgan fingerprint density at radius 2 is 1.81 bits per heavy atom. The van der Waals surface area contributed by atoms with Gasteiger partial charge in [0.15, 0.2) is 0 Å². The van der Waals surface area contributed by atoms with E-state index >= 15 is 0 Å². The number of aromatic amines is 1. The van der Waals surface area contributed by atoms with Crippen molar-refractivity contribution < 1.29 is 13.2 Å². The number of sulfonamides is 1. The number of hydrogen-bond donors (Lipinski definition) is 2. The van der Waals surface area contributed by atoms with Gasteiger partial charge in [-0.3, -0.25) is 14.5 Å². The first-order valence-corrected chi connectivity index (χ1v) is 14.5. The molecule has 3 aromatic rings. The van der Waals surface area contributed by atoms with Gasteiger partial charge in [0.2, 0.25) is 10.0 Å². The average Bonchev–Trinajstić information content (AvgIpc) is 3.16. The predicted octanol–water partition coefficient (Wildman–Crippen LogP) is 2.88. The number of aryl methyl sites for hydroxylation is 2. The van der Waals surface area contributed by atoms with E-state index in [1.54, 1.807) is 0 Å². The van der Waals surface area contributed by atoms with E-state index in [0.717, 1.165) is 32.5 Å². The Kier molecular flexibility index (Phi) is 7.47. The summed E-state index contributed by atoms with van der Waals surface area (Å²) in [5, 5.41) is 2.93. The normalized spacial score (nSPS) is 16.4. The smallest absolute Gasteiger partial charge is 0.253 e. The molecule has 1 amide bonds. The Labute approximate surface area is 219 Å². The molecule has 4 heterocycles. The number of halogens is 1. The van der Waals surface area contributed by atoms with E-state index in [0.29, 0.717) is 37.3 Å². The van der Waals surface area contributed by atoms with E-state index < -0.39 is 10.0 Å². The van der Waals surface area contributed by atoms with Crippen molar-refractivity contribution in [3.05, 3.63) is 72.9 Å². The molecule has 1 aliphatic rings. The lowest BCUT2D eigenvalue weighted by atomic mass is 10.0. The third-order valence-corrected chi connectivity index (χ3v) is 8.74. The summed E-state index contributed by atoms with van der Waals surface area (Å²) in [6, 6.07) is 5.66. The zero-order valence-corrected chi connectivity index (χ0v) is 23.6. The molecule has 0 aliphatic carbocycles. The standard InChI is InChI=1S/C25H32BrN5O4S/c1-15-10-16(2)28-25(33)22(15)13-27-24(32)21-12-20-11-19(26)14-31(20)23(17(21)3)18(4)29-6-8-30(9-7-29)36(5,34)35/h10-12,14,18H,6-9,13H2,1-5H3,(H,27,32)(H,28,33). The molecular weight excluding hydrogens is 546 g/mol. The number of pyridine rings is 2. The lowest BCUT2D eigenvalue weighted by molar-refractivity contribution is 0.0949. The quantitative estimate of drug-likeness (QED) is 0.468. The SMILES string of the molecule is Cc1cc(C)c(CNC(=O)c2cc3cc(Br)cn3c(C(C)N3CCN(S(C)(=O)=O)CC3)c2C)c(=O)[nH]1. The fourth-order valence-electron chi connectivity index (χ4n) is 5.05. The van der Waals surface area contributed by atoms with Crippen LogP contribution in [0.4, 0.5) is 0 Å². The van der Waals surface area contributed by atoms with Crippen molar-refractivity contribution in [3.8, 4) is 0 Å². The van der Waals surface area contributed by atoms with Crippen molar-refractivity contribution in [2.75, 3.05) is 32.4 Å². The molecule has 0 radical (unpaired) electrons. The van der Waals surface area contributed by atoms with Gasteiger partial charge in [-0.25, -0.2) is 8.42 Å². The summed E-state index contributed by atoms with van der Waals surface area (Å²) in [5.41, 5.74) is 5.19. The Morgan fingerprint density at radius 3 is 2.42 bits per heavy atom. The molecule has 194 valence electrons. The number of nitrogens with one attached hydrogen (secondary N) is 2. The van der Waals surface area contributed by atoms with Crippen LogP contribution in [0.1, 0.15) is 51.4 Å². The fraction of sp³-hybridized carbons (Fsp3) is 0.440. The summed E-state index contributed by atoms with van der Waals surface area (Å²) in [5.74, 6) is -0.248. The molecule has 36 heavy (non-hydrogen) atoms. The van der Waals surface area contributed by atoms with E-state index in [2.05, 4.69) is 42.5 Å². The highest BCUT2D eigenvalue weighted by molar-refractivity contribution is 9.10. The molecule has 1 fully saturated rings. The van der Waals surface area contributed by atoms with Gasteiger partial charge in [0.05, 0.1) is 6.26 Å². The molecule has 2 N–H and O–H groups in total. The van der Waals surface area contributed by atoms with Crippen LogP contribution in [0.5, 0.6) is 0 Å². The second kappa shape index (κ2) is 10.1. The summed E-state index contributed by atoms with van der Waals surface area (Å²) in [6.07, 6.45) is 3.23. The molecule has 0 saturated carbocycles. The van der Waals surface area contributed by atoms with E-state index in [1.165, 1.54) is 10.6 Å². The summed E-state index contributed by atoms with van der Waals surface area (Å²) < 4.78 is 28.4. The van der Waals surface area contributed by atoms with Crippen LogP contribution in [0.25, 0.3) is 5.52 Å². The minimum absolute atomic E-state index is 0.0524. The predicted molar refractivity (Wildman–Crippen MR) is 144 cm³/mol. The number of hydrogen-bond acceptors (Lipinski definition) is 5. The van der Waals surface area contributed by atoms with Crippen LogP contribution in [0, 0.1) is 20.8 Å². The molecule has 3 aromatic heterocycles. The van der Waals surface area contributed by atoms with Gasteiger partial charge in [-0.15, -0.1) is 0 Å². The van der Waals surface area contributed by atoms with Crippen molar-refractivity contribution in [2.45, 2.75) is 40.3 Å². The lowest BCUT2D eigenvalue weighted by Gasteiger charge is -2.37. The first-order valence-electron chi connectivity index (χ1n) is 11.8. The Morgan fingerprint density at radius 1 is 1.14 bits per heavy atom. The molecule has 1 atom stereocenters. The Bertz CT molecular complexity index is 1490. The third-order valence-electron chi connectivity index (χ3n) is 7.01. The third kappa shape index (κ3) is 5.29. The fourth-order valence-corrected chi connectivity index (χ4v) is 6.32. The van der Waals surface area contributed by atoms with E-state index in [4.69, 9.17) is 0 Å². The zero-order chi connectivity index (χ0) is 26.4. The van der Waals surface area contributed by atoms with Crippen molar-refractivity contribution in [2.24, 2.45) is 0 Å². The number of carbonyl (C=O) groups excluding carboxylic acids is 1. The van der Waals surface area contributed by atoms with Gasteiger partial charge in [-0.2, -0.15) is 4.31 Å². The molecule has 1 unspecified atom stereocenters. The second-order valence-electron chi connectivity index (χ2n) is 9.52. The topological polar surface area (TPSA) is 107 Å². The zero-order valence-electron chi connectivity index (χ0n) is 21.2. The number of fused-ring (bicyclic) bond motifs is 1. The Hall–Kier alpha value is -2.47. The highest BCUT2D eigenvalue weighted by Gasteiger charge is 2.29. The van der Waals surface area contributed by atoms with E-state index in [-0.39, 0.29) is 24.1 Å². The maximum Gasteiger partial charge on any atom is 0.253 e. The van der Waals surface area contributed by atoms with Gasteiger partial charge in [0.25, 0.3) is 11.5 Å². The van der Waals surface area contributed by atoms with Crippen LogP contribution in [0.15, 0.2) is 33.7 Å². The van der Waals surface area contributed by atoms with Gasteiger partial charge in [0, 0.05) is 77.5 Å². The Balaban J connectivity index is 1.64. The van der Waals surface area contributed by atoms with Crippen LogP contribution in [-0.4, -0.2) is 65.3 Å². The summed E-state index contributed by atoms with van der Waals surface area (Å²) in [7, 11) is -3.22. The highest BCUT2D eigenvalue weighted by atomic mass is 79.9. The van der Waals surface area contributed by atoms with Crippen LogP contribution in [0.2, 0.25) is 0 Å². The highest BCUT2D eigenvalue weighted by Crippen LogP contribution is 2.31. The van der Waals surface area contributed by atoms with E-state index in [9.17, 15) is 18.0 Å². The van der Waals surface area contributed by atoms with Crippen LogP contribution >= 0.6 is 15.9 Å².